The smallest absolute Gasteiger partial charge is 0.335 e. The van der Waals surface area contributed by atoms with Crippen molar-refractivity contribution in [2.75, 3.05) is 11.6 Å². The molecule has 7 heteroatoms. The number of halogens is 1. The van der Waals surface area contributed by atoms with Crippen molar-refractivity contribution in [3.63, 3.8) is 0 Å². The van der Waals surface area contributed by atoms with Crippen LogP contribution in [0.2, 0.25) is 5.02 Å². The molecule has 2 aromatic carbocycles. The number of carboxylic acid groups (broad SMARTS) is 1. The summed E-state index contributed by atoms with van der Waals surface area (Å²) >= 11 is 6.04. The maximum atomic E-state index is 11.9. The first-order valence-corrected chi connectivity index (χ1v) is 8.15. The van der Waals surface area contributed by atoms with Crippen LogP contribution < -0.4 is 5.32 Å². The average Bonchev–Trinajstić information content (AvgIpc) is 2.40. The van der Waals surface area contributed by atoms with Crippen molar-refractivity contribution < 1.29 is 18.3 Å². The number of aromatic carboxylic acids is 1. The van der Waals surface area contributed by atoms with E-state index in [9.17, 15) is 13.2 Å². The van der Waals surface area contributed by atoms with E-state index >= 15 is 0 Å². The third-order valence-corrected chi connectivity index (χ3v) is 4.16. The molecule has 5 nitrogen and oxygen atoms in total. The molecular formula is C14H12ClNO4S. The molecule has 0 spiro atoms. The topological polar surface area (TPSA) is 83.5 Å². The molecular weight excluding hydrogens is 314 g/mol. The van der Waals surface area contributed by atoms with Crippen LogP contribution in [0.5, 0.6) is 0 Å². The lowest BCUT2D eigenvalue weighted by molar-refractivity contribution is 0.0696. The van der Waals surface area contributed by atoms with Gasteiger partial charge in [0.05, 0.1) is 21.2 Å². The predicted molar refractivity (Wildman–Crippen MR) is 81.2 cm³/mol. The van der Waals surface area contributed by atoms with E-state index in [0.29, 0.717) is 5.69 Å². The third-order valence-electron chi connectivity index (χ3n) is 2.74. The molecule has 2 aromatic rings. The number of carbonyl (C=O) groups is 1. The van der Waals surface area contributed by atoms with E-state index in [2.05, 4.69) is 5.32 Å². The molecule has 0 unspecified atom stereocenters. The normalized spacial score (nSPS) is 11.1. The summed E-state index contributed by atoms with van der Waals surface area (Å²) in [5.74, 6) is -1.24. The Morgan fingerprint density at radius 3 is 2.33 bits per heavy atom. The molecule has 0 saturated carbocycles. The van der Waals surface area contributed by atoms with Crippen molar-refractivity contribution in [3.8, 4) is 0 Å². The maximum Gasteiger partial charge on any atom is 0.335 e. The molecule has 0 amide bonds. The summed E-state index contributed by atoms with van der Waals surface area (Å²) < 4.78 is 23.8. The van der Waals surface area contributed by atoms with Gasteiger partial charge in [0.2, 0.25) is 0 Å². The van der Waals surface area contributed by atoms with Crippen LogP contribution in [0, 0.1) is 0 Å². The number of para-hydroxylation sites is 1. The molecule has 0 heterocycles. The molecule has 0 fully saturated rings. The number of sulfone groups is 1. The molecule has 0 aromatic heterocycles. The molecule has 2 rings (SSSR count). The molecule has 110 valence electrons. The van der Waals surface area contributed by atoms with Gasteiger partial charge in [-0.2, -0.15) is 0 Å². The fourth-order valence-electron chi connectivity index (χ4n) is 1.78. The Labute approximate surface area is 127 Å². The van der Waals surface area contributed by atoms with Gasteiger partial charge >= 0.3 is 5.97 Å². The highest BCUT2D eigenvalue weighted by molar-refractivity contribution is 7.90. The van der Waals surface area contributed by atoms with Crippen LogP contribution in [-0.2, 0) is 9.84 Å². The summed E-state index contributed by atoms with van der Waals surface area (Å²) in [5, 5.41) is 11.9. The molecule has 0 aliphatic rings. The number of carboxylic acids is 1. The quantitative estimate of drug-likeness (QED) is 0.902. The molecule has 0 aliphatic heterocycles. The van der Waals surface area contributed by atoms with E-state index in [0.717, 1.165) is 12.3 Å². The molecule has 0 bridgehead atoms. The van der Waals surface area contributed by atoms with Gasteiger partial charge in [-0.3, -0.25) is 0 Å². The van der Waals surface area contributed by atoms with Crippen LogP contribution in [0.25, 0.3) is 0 Å². The number of hydrogen-bond acceptors (Lipinski definition) is 4. The second kappa shape index (κ2) is 5.75. The van der Waals surface area contributed by atoms with Crippen LogP contribution in [0.1, 0.15) is 10.4 Å². The van der Waals surface area contributed by atoms with Gasteiger partial charge in [0.25, 0.3) is 0 Å². The largest absolute Gasteiger partial charge is 0.478 e. The van der Waals surface area contributed by atoms with Crippen LogP contribution in [0.4, 0.5) is 11.4 Å². The zero-order valence-corrected chi connectivity index (χ0v) is 12.6. The maximum absolute atomic E-state index is 11.9. The van der Waals surface area contributed by atoms with E-state index in [1.165, 1.54) is 6.07 Å². The van der Waals surface area contributed by atoms with Crippen LogP contribution in [0.15, 0.2) is 47.4 Å². The minimum atomic E-state index is -3.64. The van der Waals surface area contributed by atoms with Gasteiger partial charge in [-0.05, 0) is 24.3 Å². The van der Waals surface area contributed by atoms with Crippen LogP contribution in [-0.4, -0.2) is 25.7 Å². The van der Waals surface area contributed by atoms with Crippen LogP contribution >= 0.6 is 11.6 Å². The zero-order valence-electron chi connectivity index (χ0n) is 11.0. The lowest BCUT2D eigenvalue weighted by atomic mass is 10.2. The fourth-order valence-corrected chi connectivity index (χ4v) is 2.98. The van der Waals surface area contributed by atoms with Gasteiger partial charge in [-0.25, -0.2) is 13.2 Å². The van der Waals surface area contributed by atoms with Gasteiger partial charge in [0, 0.05) is 11.9 Å². The van der Waals surface area contributed by atoms with Crippen molar-refractivity contribution in [1.82, 2.24) is 0 Å². The molecule has 0 aliphatic carbocycles. The minimum Gasteiger partial charge on any atom is -0.478 e. The van der Waals surface area contributed by atoms with Gasteiger partial charge < -0.3 is 10.4 Å². The summed E-state index contributed by atoms with van der Waals surface area (Å²) in [6.45, 7) is 0. The predicted octanol–water partition coefficient (Wildman–Crippen LogP) is 3.19. The first-order chi connectivity index (χ1) is 9.79. The zero-order chi connectivity index (χ0) is 15.6. The van der Waals surface area contributed by atoms with Crippen molar-refractivity contribution in [2.45, 2.75) is 4.90 Å². The van der Waals surface area contributed by atoms with E-state index in [-0.39, 0.29) is 21.2 Å². The molecule has 2 N–H and O–H groups in total. The number of rotatable bonds is 4. The number of anilines is 2. The lowest BCUT2D eigenvalue weighted by Gasteiger charge is -2.14. The molecule has 0 radical (unpaired) electrons. The van der Waals surface area contributed by atoms with Gasteiger partial charge in [-0.1, -0.05) is 29.8 Å². The van der Waals surface area contributed by atoms with E-state index in [1.54, 1.807) is 24.3 Å². The Kier molecular flexibility index (Phi) is 4.20. The fraction of sp³-hybridized carbons (Fsp3) is 0.0714. The van der Waals surface area contributed by atoms with Crippen molar-refractivity contribution in [3.05, 3.63) is 53.1 Å². The van der Waals surface area contributed by atoms with Crippen molar-refractivity contribution in [2.24, 2.45) is 0 Å². The third kappa shape index (κ3) is 3.53. The van der Waals surface area contributed by atoms with Gasteiger partial charge in [0.1, 0.15) is 0 Å². The highest BCUT2D eigenvalue weighted by Gasteiger charge is 2.20. The SMILES string of the molecule is CS(=O)(=O)c1cc(C(=O)O)cc(Cl)c1Nc1ccccc1. The Morgan fingerprint density at radius 2 is 1.81 bits per heavy atom. The highest BCUT2D eigenvalue weighted by atomic mass is 35.5. The summed E-state index contributed by atoms with van der Waals surface area (Å²) in [6.07, 6.45) is 1.00. The number of nitrogens with one attached hydrogen (secondary N) is 1. The second-order valence-electron chi connectivity index (χ2n) is 4.40. The first kappa shape index (κ1) is 15.3. The number of hydrogen-bond donors (Lipinski definition) is 2. The average molecular weight is 326 g/mol. The van der Waals surface area contributed by atoms with Gasteiger partial charge in [-0.15, -0.1) is 0 Å². The van der Waals surface area contributed by atoms with E-state index < -0.39 is 15.8 Å². The molecule has 0 saturated heterocycles. The van der Waals surface area contributed by atoms with Crippen molar-refractivity contribution >= 4 is 38.8 Å². The lowest BCUT2D eigenvalue weighted by Crippen LogP contribution is -2.07. The molecule has 0 atom stereocenters. The highest BCUT2D eigenvalue weighted by Crippen LogP contribution is 2.33. The standard InChI is InChI=1S/C14H12ClNO4S/c1-21(19,20)12-8-9(14(17)18)7-11(15)13(12)16-10-5-3-2-4-6-10/h2-8,16H,1H3,(H,17,18). The van der Waals surface area contributed by atoms with Crippen molar-refractivity contribution in [1.29, 1.82) is 0 Å². The van der Waals surface area contributed by atoms with E-state index in [4.69, 9.17) is 16.7 Å². The molecule has 21 heavy (non-hydrogen) atoms. The minimum absolute atomic E-state index is 0.0270. The monoisotopic (exact) mass is 325 g/mol. The van der Waals surface area contributed by atoms with Crippen LogP contribution in [0.3, 0.4) is 0 Å². The summed E-state index contributed by atoms with van der Waals surface area (Å²) in [4.78, 5) is 10.9. The Balaban J connectivity index is 2.62. The van der Waals surface area contributed by atoms with Gasteiger partial charge in [0.15, 0.2) is 9.84 Å². The second-order valence-corrected chi connectivity index (χ2v) is 6.79. The summed E-state index contributed by atoms with van der Waals surface area (Å²) in [5.41, 5.74) is 0.627. The Morgan fingerprint density at radius 1 is 1.19 bits per heavy atom. The Bertz CT molecular complexity index is 788. The summed E-state index contributed by atoms with van der Waals surface area (Å²) in [6, 6.07) is 11.2. The van der Waals surface area contributed by atoms with E-state index in [1.807, 2.05) is 6.07 Å². The Hall–Kier alpha value is -2.05. The number of benzene rings is 2. The summed E-state index contributed by atoms with van der Waals surface area (Å²) in [7, 11) is -3.64. The first-order valence-electron chi connectivity index (χ1n) is 5.88.